The van der Waals surface area contributed by atoms with Crippen LogP contribution in [0.2, 0.25) is 5.02 Å². The summed E-state index contributed by atoms with van der Waals surface area (Å²) in [5, 5.41) is 3.28. The second kappa shape index (κ2) is 8.86. The zero-order valence-corrected chi connectivity index (χ0v) is 14.7. The fourth-order valence-electron chi connectivity index (χ4n) is 2.49. The summed E-state index contributed by atoms with van der Waals surface area (Å²) in [7, 11) is 3.34. The molecule has 1 heterocycles. The van der Waals surface area contributed by atoms with Crippen LogP contribution in [-0.4, -0.2) is 70.3 Å². The van der Waals surface area contributed by atoms with E-state index in [4.69, 9.17) is 21.1 Å². The van der Waals surface area contributed by atoms with Crippen LogP contribution in [0.15, 0.2) is 18.2 Å². The molecule has 1 aliphatic rings. The highest BCUT2D eigenvalue weighted by molar-refractivity contribution is 6.31. The summed E-state index contributed by atoms with van der Waals surface area (Å²) in [6.45, 7) is 2.79. The van der Waals surface area contributed by atoms with Gasteiger partial charge in [-0.15, -0.1) is 0 Å². The molecule has 2 N–H and O–H groups in total. The summed E-state index contributed by atoms with van der Waals surface area (Å²) < 4.78 is 10.4. The van der Waals surface area contributed by atoms with Crippen LogP contribution in [-0.2, 0) is 14.3 Å². The number of nitrogens with one attached hydrogen (secondary N) is 2. The summed E-state index contributed by atoms with van der Waals surface area (Å²) >= 11 is 5.95. The van der Waals surface area contributed by atoms with Gasteiger partial charge in [-0.1, -0.05) is 11.6 Å². The number of methoxy groups -OCH3 is 1. The molecule has 0 saturated carbocycles. The number of likely N-dealkylation sites (N-methyl/N-ethyl adjacent to an activating group) is 1. The number of carbonyl (C=O) groups is 2. The normalized spacial score (nSPS) is 15.7. The molecule has 2 rings (SSSR count). The van der Waals surface area contributed by atoms with Crippen molar-refractivity contribution in [3.8, 4) is 5.75 Å². The van der Waals surface area contributed by atoms with Gasteiger partial charge in [-0.3, -0.25) is 9.59 Å². The van der Waals surface area contributed by atoms with E-state index in [0.717, 1.165) is 4.90 Å². The summed E-state index contributed by atoms with van der Waals surface area (Å²) in [5.74, 6) is 0.363. The van der Waals surface area contributed by atoms with Crippen molar-refractivity contribution in [2.75, 3.05) is 58.9 Å². The number of carbonyl (C=O) groups excluding carboxylic acids is 2. The van der Waals surface area contributed by atoms with Gasteiger partial charge in [-0.2, -0.15) is 0 Å². The van der Waals surface area contributed by atoms with Crippen molar-refractivity contribution in [3.05, 3.63) is 23.2 Å². The molecule has 1 aromatic carbocycles. The van der Waals surface area contributed by atoms with E-state index in [0.29, 0.717) is 42.8 Å². The smallest absolute Gasteiger partial charge is 0.279 e. The van der Waals surface area contributed by atoms with Gasteiger partial charge < -0.3 is 24.6 Å². The highest BCUT2D eigenvalue weighted by Crippen LogP contribution is 2.27. The minimum Gasteiger partial charge on any atom is -0.495 e. The van der Waals surface area contributed by atoms with Gasteiger partial charge >= 0.3 is 0 Å². The lowest BCUT2D eigenvalue weighted by Crippen LogP contribution is -3.11. The predicted octanol–water partition coefficient (Wildman–Crippen LogP) is -0.339. The first-order valence-electron chi connectivity index (χ1n) is 7.80. The number of benzene rings is 1. The van der Waals surface area contributed by atoms with E-state index in [1.54, 1.807) is 23.1 Å². The van der Waals surface area contributed by atoms with Crippen LogP contribution in [0.5, 0.6) is 5.75 Å². The lowest BCUT2D eigenvalue weighted by molar-refractivity contribution is -0.862. The molecular formula is C16H23ClN3O4+. The average Bonchev–Trinajstić information content (AvgIpc) is 2.55. The molecule has 2 amide bonds. The van der Waals surface area contributed by atoms with Gasteiger partial charge in [0.2, 0.25) is 0 Å². The number of anilines is 1. The summed E-state index contributed by atoms with van der Waals surface area (Å²) in [5.41, 5.74) is 0.516. The molecule has 1 unspecified atom stereocenters. The number of amides is 2. The predicted molar refractivity (Wildman–Crippen MR) is 90.7 cm³/mol. The maximum atomic E-state index is 12.2. The molecule has 1 saturated heterocycles. The minimum atomic E-state index is -0.206. The van der Waals surface area contributed by atoms with E-state index in [1.807, 2.05) is 7.05 Å². The zero-order valence-electron chi connectivity index (χ0n) is 13.9. The van der Waals surface area contributed by atoms with Crippen LogP contribution >= 0.6 is 11.6 Å². The molecule has 0 aromatic heterocycles. The summed E-state index contributed by atoms with van der Waals surface area (Å²) in [6, 6.07) is 5.01. The second-order valence-electron chi connectivity index (χ2n) is 5.70. The van der Waals surface area contributed by atoms with E-state index in [2.05, 4.69) is 5.32 Å². The Bertz CT molecular complexity index is 591. The van der Waals surface area contributed by atoms with Crippen molar-refractivity contribution in [1.29, 1.82) is 0 Å². The van der Waals surface area contributed by atoms with Crippen molar-refractivity contribution < 1.29 is 24.0 Å². The van der Waals surface area contributed by atoms with Gasteiger partial charge in [0.25, 0.3) is 11.8 Å². The van der Waals surface area contributed by atoms with Crippen molar-refractivity contribution in [2.24, 2.45) is 0 Å². The van der Waals surface area contributed by atoms with Crippen LogP contribution in [0.4, 0.5) is 5.69 Å². The second-order valence-corrected chi connectivity index (χ2v) is 6.13. The molecule has 24 heavy (non-hydrogen) atoms. The standard InChI is InChI=1S/C16H22ClN3O4/c1-19(11-16(22)20-5-7-24-8-6-20)10-15(21)18-13-9-12(17)3-4-14(13)23-2/h3-4,9H,5-8,10-11H2,1-2H3,(H,18,21)/p+1. The van der Waals surface area contributed by atoms with Gasteiger partial charge in [0.1, 0.15) is 5.75 Å². The molecule has 8 heteroatoms. The first-order chi connectivity index (χ1) is 11.5. The number of hydrogen-bond donors (Lipinski definition) is 2. The van der Waals surface area contributed by atoms with Crippen LogP contribution in [0, 0.1) is 0 Å². The molecule has 0 radical (unpaired) electrons. The number of halogens is 1. The number of quaternary nitrogens is 1. The molecule has 132 valence electrons. The summed E-state index contributed by atoms with van der Waals surface area (Å²) in [4.78, 5) is 26.9. The SMILES string of the molecule is COc1ccc(Cl)cc1NC(=O)C[NH+](C)CC(=O)N1CCOCC1. The van der Waals surface area contributed by atoms with Crippen LogP contribution in [0.25, 0.3) is 0 Å². The minimum absolute atomic E-state index is 0.0314. The Morgan fingerprint density at radius 3 is 2.71 bits per heavy atom. The van der Waals surface area contributed by atoms with E-state index in [9.17, 15) is 9.59 Å². The van der Waals surface area contributed by atoms with E-state index >= 15 is 0 Å². The number of rotatable bonds is 6. The molecule has 0 spiro atoms. The largest absolute Gasteiger partial charge is 0.495 e. The molecular weight excluding hydrogens is 334 g/mol. The van der Waals surface area contributed by atoms with Gasteiger partial charge in [-0.25, -0.2) is 0 Å². The highest BCUT2D eigenvalue weighted by atomic mass is 35.5. The van der Waals surface area contributed by atoms with Crippen molar-refractivity contribution in [2.45, 2.75) is 0 Å². The molecule has 1 atom stereocenters. The monoisotopic (exact) mass is 356 g/mol. The molecule has 7 nitrogen and oxygen atoms in total. The zero-order chi connectivity index (χ0) is 17.5. The maximum absolute atomic E-state index is 12.2. The van der Waals surface area contributed by atoms with Gasteiger partial charge in [0, 0.05) is 18.1 Å². The third-order valence-corrected chi connectivity index (χ3v) is 3.95. The lowest BCUT2D eigenvalue weighted by Gasteiger charge is -2.27. The number of hydrogen-bond acceptors (Lipinski definition) is 4. The quantitative estimate of drug-likeness (QED) is 0.731. The Morgan fingerprint density at radius 2 is 2.04 bits per heavy atom. The Hall–Kier alpha value is -1.83. The average molecular weight is 357 g/mol. The Labute approximate surface area is 146 Å². The Morgan fingerprint density at radius 1 is 1.33 bits per heavy atom. The topological polar surface area (TPSA) is 72.3 Å². The third-order valence-electron chi connectivity index (χ3n) is 3.71. The van der Waals surface area contributed by atoms with Crippen molar-refractivity contribution in [1.82, 2.24) is 4.90 Å². The number of ether oxygens (including phenoxy) is 2. The molecule has 1 aliphatic heterocycles. The molecule has 1 fully saturated rings. The fraction of sp³-hybridized carbons (Fsp3) is 0.500. The molecule has 0 bridgehead atoms. The van der Waals surface area contributed by atoms with Crippen LogP contribution in [0.3, 0.4) is 0 Å². The molecule has 0 aliphatic carbocycles. The molecule has 1 aromatic rings. The first kappa shape index (κ1) is 18.5. The van der Waals surface area contributed by atoms with Crippen LogP contribution in [0.1, 0.15) is 0 Å². The van der Waals surface area contributed by atoms with Gasteiger partial charge in [0.15, 0.2) is 13.1 Å². The van der Waals surface area contributed by atoms with Crippen molar-refractivity contribution >= 4 is 29.1 Å². The maximum Gasteiger partial charge on any atom is 0.279 e. The number of nitrogens with zero attached hydrogens (tertiary/aromatic N) is 1. The van der Waals surface area contributed by atoms with Crippen molar-refractivity contribution in [3.63, 3.8) is 0 Å². The van der Waals surface area contributed by atoms with Crippen LogP contribution < -0.4 is 15.0 Å². The Balaban J connectivity index is 1.85. The van der Waals surface area contributed by atoms with E-state index in [1.165, 1.54) is 7.11 Å². The summed E-state index contributed by atoms with van der Waals surface area (Å²) in [6.07, 6.45) is 0. The third kappa shape index (κ3) is 5.36. The van der Waals surface area contributed by atoms with Gasteiger partial charge in [0.05, 0.1) is 33.1 Å². The Kier molecular flexibility index (Phi) is 6.84. The fourth-order valence-corrected chi connectivity index (χ4v) is 2.66. The first-order valence-corrected chi connectivity index (χ1v) is 8.17. The van der Waals surface area contributed by atoms with Gasteiger partial charge in [-0.05, 0) is 18.2 Å². The lowest BCUT2D eigenvalue weighted by atomic mass is 10.3. The highest BCUT2D eigenvalue weighted by Gasteiger charge is 2.21. The van der Waals surface area contributed by atoms with E-state index < -0.39 is 0 Å². The van der Waals surface area contributed by atoms with E-state index in [-0.39, 0.29) is 24.9 Å². The number of morpholine rings is 1.